The number of dihydropyridines is 1. The molecule has 1 aromatic rings. The maximum absolute atomic E-state index is 12.9. The highest BCUT2D eigenvalue weighted by Crippen LogP contribution is 2.38. The van der Waals surface area contributed by atoms with Gasteiger partial charge < -0.3 is 25.4 Å². The number of hydrogen-bond acceptors (Lipinski definition) is 10. The monoisotopic (exact) mass is 430 g/mol. The van der Waals surface area contributed by atoms with Crippen molar-refractivity contribution in [1.29, 1.82) is 5.26 Å². The normalized spacial score (nSPS) is 15.6. The third-order valence-electron chi connectivity index (χ3n) is 4.38. The van der Waals surface area contributed by atoms with Crippen LogP contribution in [0.3, 0.4) is 0 Å². The number of hydrogen-bond donors (Lipinski definition) is 2. The van der Waals surface area contributed by atoms with Gasteiger partial charge in [-0.1, -0.05) is 12.1 Å². The molecule has 0 radical (unpaired) electrons. The van der Waals surface area contributed by atoms with Crippen molar-refractivity contribution in [2.45, 2.75) is 26.2 Å². The molecule has 164 valence electrons. The van der Waals surface area contributed by atoms with Crippen LogP contribution < -0.4 is 11.1 Å². The summed E-state index contributed by atoms with van der Waals surface area (Å²) in [7, 11) is 0. The number of esters is 2. The van der Waals surface area contributed by atoms with Crippen LogP contribution in [0.1, 0.15) is 37.3 Å². The van der Waals surface area contributed by atoms with Gasteiger partial charge in [0.25, 0.3) is 5.09 Å². The van der Waals surface area contributed by atoms with Crippen molar-refractivity contribution in [3.05, 3.63) is 68.2 Å². The topological polar surface area (TPSA) is 167 Å². The Bertz CT molecular complexity index is 978. The molecule has 1 aliphatic heterocycles. The van der Waals surface area contributed by atoms with E-state index in [2.05, 4.69) is 10.2 Å². The molecule has 31 heavy (non-hydrogen) atoms. The van der Waals surface area contributed by atoms with Crippen molar-refractivity contribution in [3.63, 3.8) is 0 Å². The second kappa shape index (κ2) is 10.6. The smallest absolute Gasteiger partial charge is 0.338 e. The van der Waals surface area contributed by atoms with Gasteiger partial charge in [-0.3, -0.25) is 0 Å². The first-order chi connectivity index (χ1) is 14.8. The first-order valence-electron chi connectivity index (χ1n) is 9.39. The van der Waals surface area contributed by atoms with E-state index in [0.29, 0.717) is 16.8 Å². The molecule has 0 fully saturated rings. The predicted octanol–water partition coefficient (Wildman–Crippen LogP) is 1.39. The van der Waals surface area contributed by atoms with Crippen LogP contribution >= 0.6 is 0 Å². The molecule has 1 aliphatic rings. The Morgan fingerprint density at radius 3 is 2.61 bits per heavy atom. The van der Waals surface area contributed by atoms with Crippen molar-refractivity contribution in [1.82, 2.24) is 5.32 Å². The molecule has 0 bridgehead atoms. The molecule has 0 amide bonds. The van der Waals surface area contributed by atoms with Crippen LogP contribution in [-0.4, -0.2) is 36.8 Å². The van der Waals surface area contributed by atoms with E-state index in [1.165, 1.54) is 0 Å². The van der Waals surface area contributed by atoms with Crippen molar-refractivity contribution >= 4 is 11.9 Å². The maximum Gasteiger partial charge on any atom is 0.338 e. The first kappa shape index (κ1) is 23.2. The van der Waals surface area contributed by atoms with Gasteiger partial charge in [0.15, 0.2) is 0 Å². The minimum Gasteiger partial charge on any atom is -0.463 e. The summed E-state index contributed by atoms with van der Waals surface area (Å²) >= 11 is 0. The van der Waals surface area contributed by atoms with Gasteiger partial charge in [-0.25, -0.2) is 9.59 Å². The summed E-state index contributed by atoms with van der Waals surface area (Å²) < 4.78 is 10.4. The number of nitriles is 1. The molecule has 0 aromatic heterocycles. The molecule has 2 rings (SSSR count). The molecule has 0 saturated heterocycles. The Morgan fingerprint density at radius 2 is 1.97 bits per heavy atom. The number of nitrogens with one attached hydrogen (secondary N) is 1. The van der Waals surface area contributed by atoms with Gasteiger partial charge >= 0.3 is 11.9 Å². The van der Waals surface area contributed by atoms with Crippen LogP contribution in [0.25, 0.3) is 0 Å². The van der Waals surface area contributed by atoms with Crippen LogP contribution in [0, 0.1) is 21.4 Å². The van der Waals surface area contributed by atoms with Gasteiger partial charge in [-0.15, -0.1) is 10.1 Å². The van der Waals surface area contributed by atoms with E-state index in [1.54, 1.807) is 38.1 Å². The fourth-order valence-electron chi connectivity index (χ4n) is 3.12. The average molecular weight is 430 g/mol. The number of nitrogens with zero attached hydrogens (tertiary/aromatic N) is 2. The number of carbonyl (C=O) groups excluding carboxylic acids is 2. The second-order valence-corrected chi connectivity index (χ2v) is 6.43. The molecular weight excluding hydrogens is 408 g/mol. The zero-order valence-electron chi connectivity index (χ0n) is 17.0. The molecular formula is C20H22N4O7. The molecule has 11 nitrogen and oxygen atoms in total. The van der Waals surface area contributed by atoms with Crippen LogP contribution in [0.2, 0.25) is 0 Å². The third kappa shape index (κ3) is 5.72. The Morgan fingerprint density at radius 1 is 1.26 bits per heavy atom. The Kier molecular flexibility index (Phi) is 7.96. The van der Waals surface area contributed by atoms with Crippen molar-refractivity contribution < 1.29 is 29.0 Å². The number of rotatable bonds is 9. The molecule has 0 saturated carbocycles. The fourth-order valence-corrected chi connectivity index (χ4v) is 3.12. The van der Waals surface area contributed by atoms with E-state index < -0.39 is 22.9 Å². The van der Waals surface area contributed by atoms with E-state index >= 15 is 0 Å². The zero-order valence-corrected chi connectivity index (χ0v) is 17.0. The molecule has 1 atom stereocenters. The lowest BCUT2D eigenvalue weighted by atomic mass is 9.81. The van der Waals surface area contributed by atoms with Gasteiger partial charge in [-0.2, -0.15) is 5.26 Å². The minimum absolute atomic E-state index is 0.0196. The molecule has 0 spiro atoms. The van der Waals surface area contributed by atoms with Gasteiger partial charge in [-0.05, 0) is 31.5 Å². The van der Waals surface area contributed by atoms with E-state index in [4.69, 9.17) is 15.2 Å². The van der Waals surface area contributed by atoms with Gasteiger partial charge in [0.05, 0.1) is 48.5 Å². The fraction of sp³-hybridized carbons (Fsp3) is 0.350. The number of benzene rings is 1. The summed E-state index contributed by atoms with van der Waals surface area (Å²) in [5.41, 5.74) is 7.38. The van der Waals surface area contributed by atoms with Crippen LogP contribution in [-0.2, 0) is 23.9 Å². The molecule has 3 N–H and O–H groups in total. The van der Waals surface area contributed by atoms with Crippen LogP contribution in [0.15, 0.2) is 46.9 Å². The SMILES string of the molecule is CCOC(=O)C1=C(N)NC(C)=C(C(=O)OCCCO[N+](=O)[O-])C1c1cccc(C#N)c1. The van der Waals surface area contributed by atoms with E-state index in [9.17, 15) is 25.0 Å². The molecule has 11 heteroatoms. The molecule has 1 aromatic carbocycles. The zero-order chi connectivity index (χ0) is 23.0. The maximum atomic E-state index is 12.9. The summed E-state index contributed by atoms with van der Waals surface area (Å²) in [6.45, 7) is 2.97. The number of nitrogens with two attached hydrogens (primary N) is 1. The van der Waals surface area contributed by atoms with E-state index in [1.807, 2.05) is 6.07 Å². The second-order valence-electron chi connectivity index (χ2n) is 6.43. The summed E-state index contributed by atoms with van der Waals surface area (Å²) in [6, 6.07) is 8.45. The van der Waals surface area contributed by atoms with Crippen LogP contribution in [0.4, 0.5) is 0 Å². The summed E-state index contributed by atoms with van der Waals surface area (Å²) in [4.78, 5) is 40.0. The highest BCUT2D eigenvalue weighted by Gasteiger charge is 2.38. The quantitative estimate of drug-likeness (QED) is 0.253. The Balaban J connectivity index is 2.40. The van der Waals surface area contributed by atoms with Crippen molar-refractivity contribution in [2.75, 3.05) is 19.8 Å². The minimum atomic E-state index is -0.934. The largest absolute Gasteiger partial charge is 0.463 e. The van der Waals surface area contributed by atoms with E-state index in [-0.39, 0.29) is 43.2 Å². The number of allylic oxidation sites excluding steroid dienone is 1. The molecule has 0 aliphatic carbocycles. The van der Waals surface area contributed by atoms with E-state index in [0.717, 1.165) is 0 Å². The average Bonchev–Trinajstić information content (AvgIpc) is 2.72. The lowest BCUT2D eigenvalue weighted by molar-refractivity contribution is -0.757. The summed E-state index contributed by atoms with van der Waals surface area (Å²) in [6.07, 6.45) is 0.101. The lowest BCUT2D eigenvalue weighted by Gasteiger charge is -2.30. The van der Waals surface area contributed by atoms with Crippen molar-refractivity contribution in [2.24, 2.45) is 5.73 Å². The summed E-state index contributed by atoms with van der Waals surface area (Å²) in [5, 5.41) is 21.3. The first-order valence-corrected chi connectivity index (χ1v) is 9.39. The Labute approximate surface area is 178 Å². The van der Waals surface area contributed by atoms with Crippen molar-refractivity contribution in [3.8, 4) is 6.07 Å². The van der Waals surface area contributed by atoms with Gasteiger partial charge in [0.2, 0.25) is 0 Å². The Hall–Kier alpha value is -4.07. The van der Waals surface area contributed by atoms with Crippen LogP contribution in [0.5, 0.6) is 0 Å². The van der Waals surface area contributed by atoms with Gasteiger partial charge in [0, 0.05) is 12.1 Å². The van der Waals surface area contributed by atoms with Gasteiger partial charge in [0.1, 0.15) is 5.82 Å². The highest BCUT2D eigenvalue weighted by atomic mass is 16.9. The number of ether oxygens (including phenoxy) is 2. The predicted molar refractivity (Wildman–Crippen MR) is 106 cm³/mol. The third-order valence-corrected chi connectivity index (χ3v) is 4.38. The lowest BCUT2D eigenvalue weighted by Crippen LogP contribution is -2.36. The molecule has 1 heterocycles. The summed E-state index contributed by atoms with van der Waals surface area (Å²) in [5.74, 6) is -2.36. The number of carbonyl (C=O) groups is 2. The highest BCUT2D eigenvalue weighted by molar-refractivity contribution is 5.99. The standard InChI is InChI=1S/C20H22N4O7/c1-3-29-20(26)17-16(14-7-4-6-13(10-14)11-21)15(12(2)23-18(17)22)19(25)30-8-5-9-31-24(27)28/h4,6-7,10,16,23H,3,5,8-9,22H2,1-2H3. The molecule has 1 unspecified atom stereocenters.